The van der Waals surface area contributed by atoms with Crippen LogP contribution in [0.4, 0.5) is 0 Å². The van der Waals surface area contributed by atoms with Crippen molar-refractivity contribution in [1.29, 1.82) is 0 Å². The lowest BCUT2D eigenvalue weighted by Crippen LogP contribution is -2.31. The van der Waals surface area contributed by atoms with E-state index in [2.05, 4.69) is 10.6 Å². The van der Waals surface area contributed by atoms with Gasteiger partial charge in [0.15, 0.2) is 0 Å². The van der Waals surface area contributed by atoms with Crippen molar-refractivity contribution >= 4 is 28.3 Å². The van der Waals surface area contributed by atoms with Crippen molar-refractivity contribution in [3.05, 3.63) is 29.8 Å². The molecule has 0 aliphatic rings. The maximum Gasteiger partial charge on any atom is 0.243 e. The number of hydrogen-bond donors (Lipinski definition) is 2. The van der Waals surface area contributed by atoms with Crippen LogP contribution in [0.3, 0.4) is 0 Å². The fourth-order valence-electron chi connectivity index (χ4n) is 2.35. The van der Waals surface area contributed by atoms with Crippen LogP contribution in [0.1, 0.15) is 32.8 Å². The molecule has 1 amide bonds. The van der Waals surface area contributed by atoms with Gasteiger partial charge in [0, 0.05) is 32.6 Å². The fraction of sp³-hybridized carbons (Fsp3) is 0.588. The van der Waals surface area contributed by atoms with E-state index < -0.39 is 10.0 Å². The highest BCUT2D eigenvalue weighted by Gasteiger charge is 2.21. The molecule has 0 spiro atoms. The Morgan fingerprint density at radius 1 is 1.04 bits per heavy atom. The third-order valence-electron chi connectivity index (χ3n) is 3.78. The number of halogens is 1. The van der Waals surface area contributed by atoms with E-state index in [0.717, 1.165) is 18.7 Å². The van der Waals surface area contributed by atoms with Crippen LogP contribution < -0.4 is 10.6 Å². The molecular formula is C17H30ClN3O3S. The maximum absolute atomic E-state index is 12.4. The standard InChI is InChI=1S/C17H29N3O3S.ClH/c1-4-18-13-14-19-17(21)12-9-15-7-10-16(11-8-15)24(22,23)20(5-2)6-3;/h7-8,10-11,18H,4-6,9,12-14H2,1-3H3,(H,19,21);1H. The average molecular weight is 392 g/mol. The topological polar surface area (TPSA) is 78.5 Å². The van der Waals surface area contributed by atoms with Gasteiger partial charge in [-0.2, -0.15) is 4.31 Å². The molecule has 0 radical (unpaired) electrons. The number of likely N-dealkylation sites (N-methyl/N-ethyl adjacent to an activating group) is 1. The summed E-state index contributed by atoms with van der Waals surface area (Å²) in [5, 5.41) is 5.99. The van der Waals surface area contributed by atoms with E-state index in [9.17, 15) is 13.2 Å². The number of amides is 1. The van der Waals surface area contributed by atoms with Crippen molar-refractivity contribution in [2.24, 2.45) is 0 Å². The molecule has 25 heavy (non-hydrogen) atoms. The summed E-state index contributed by atoms with van der Waals surface area (Å²) >= 11 is 0. The smallest absolute Gasteiger partial charge is 0.243 e. The molecule has 1 aromatic carbocycles. The van der Waals surface area contributed by atoms with Gasteiger partial charge in [-0.05, 0) is 30.7 Å². The van der Waals surface area contributed by atoms with Crippen molar-refractivity contribution in [2.45, 2.75) is 38.5 Å². The second-order valence-electron chi connectivity index (χ2n) is 5.44. The van der Waals surface area contributed by atoms with Crippen LogP contribution in [-0.2, 0) is 21.2 Å². The number of hydrogen-bond acceptors (Lipinski definition) is 4. The van der Waals surface area contributed by atoms with Crippen LogP contribution >= 0.6 is 12.4 Å². The van der Waals surface area contributed by atoms with Gasteiger partial charge in [-0.3, -0.25) is 4.79 Å². The monoisotopic (exact) mass is 391 g/mol. The normalized spacial score (nSPS) is 11.2. The fourth-order valence-corrected chi connectivity index (χ4v) is 3.81. The molecule has 2 N–H and O–H groups in total. The molecular weight excluding hydrogens is 362 g/mol. The molecule has 0 saturated carbocycles. The summed E-state index contributed by atoms with van der Waals surface area (Å²) in [6.45, 7) is 8.84. The van der Waals surface area contributed by atoms with E-state index in [0.29, 0.717) is 37.4 Å². The third kappa shape index (κ3) is 7.73. The zero-order valence-corrected chi connectivity index (χ0v) is 16.9. The van der Waals surface area contributed by atoms with Crippen molar-refractivity contribution in [3.63, 3.8) is 0 Å². The third-order valence-corrected chi connectivity index (χ3v) is 5.85. The average Bonchev–Trinajstić information content (AvgIpc) is 2.58. The largest absolute Gasteiger partial charge is 0.355 e. The van der Waals surface area contributed by atoms with Crippen LogP contribution in [0.5, 0.6) is 0 Å². The minimum absolute atomic E-state index is 0. The van der Waals surface area contributed by atoms with Crippen LogP contribution in [0.2, 0.25) is 0 Å². The number of carbonyl (C=O) groups is 1. The number of aryl methyl sites for hydroxylation is 1. The van der Waals surface area contributed by atoms with E-state index in [1.165, 1.54) is 4.31 Å². The van der Waals surface area contributed by atoms with Crippen molar-refractivity contribution in [3.8, 4) is 0 Å². The first-order valence-electron chi connectivity index (χ1n) is 8.52. The molecule has 0 aromatic heterocycles. The van der Waals surface area contributed by atoms with Crippen molar-refractivity contribution < 1.29 is 13.2 Å². The van der Waals surface area contributed by atoms with E-state index in [4.69, 9.17) is 0 Å². The maximum atomic E-state index is 12.4. The molecule has 0 aliphatic heterocycles. The number of nitrogens with zero attached hydrogens (tertiary/aromatic N) is 1. The van der Waals surface area contributed by atoms with Gasteiger partial charge in [0.25, 0.3) is 0 Å². The molecule has 1 aromatic rings. The molecule has 1 rings (SSSR count). The molecule has 0 aliphatic carbocycles. The molecule has 8 heteroatoms. The minimum Gasteiger partial charge on any atom is -0.355 e. The summed E-state index contributed by atoms with van der Waals surface area (Å²) in [4.78, 5) is 12.0. The lowest BCUT2D eigenvalue weighted by molar-refractivity contribution is -0.121. The molecule has 0 heterocycles. The van der Waals surface area contributed by atoms with Crippen LogP contribution in [0, 0.1) is 0 Å². The lowest BCUT2D eigenvalue weighted by atomic mass is 10.1. The highest BCUT2D eigenvalue weighted by atomic mass is 35.5. The van der Waals surface area contributed by atoms with Crippen LogP contribution in [-0.4, -0.2) is 51.4 Å². The van der Waals surface area contributed by atoms with E-state index in [1.807, 2.05) is 20.8 Å². The van der Waals surface area contributed by atoms with E-state index in [-0.39, 0.29) is 18.3 Å². The van der Waals surface area contributed by atoms with Gasteiger partial charge < -0.3 is 10.6 Å². The predicted molar refractivity (Wildman–Crippen MR) is 104 cm³/mol. The first kappa shape index (κ1) is 23.9. The van der Waals surface area contributed by atoms with Gasteiger partial charge >= 0.3 is 0 Å². The van der Waals surface area contributed by atoms with Crippen LogP contribution in [0.15, 0.2) is 29.2 Å². The number of benzene rings is 1. The van der Waals surface area contributed by atoms with Gasteiger partial charge in [-0.15, -0.1) is 12.4 Å². The molecule has 6 nitrogen and oxygen atoms in total. The number of sulfonamides is 1. The second-order valence-corrected chi connectivity index (χ2v) is 7.37. The van der Waals surface area contributed by atoms with Gasteiger partial charge in [0.2, 0.25) is 15.9 Å². The first-order chi connectivity index (χ1) is 11.5. The SMILES string of the molecule is CCNCCNC(=O)CCc1ccc(S(=O)(=O)N(CC)CC)cc1.Cl. The van der Waals surface area contributed by atoms with Crippen molar-refractivity contribution in [1.82, 2.24) is 14.9 Å². The van der Waals surface area contributed by atoms with E-state index >= 15 is 0 Å². The molecule has 0 fully saturated rings. The molecule has 0 bridgehead atoms. The second kappa shape index (κ2) is 12.2. The predicted octanol–water partition coefficient (Wildman–Crippen LogP) is 1.80. The lowest BCUT2D eigenvalue weighted by Gasteiger charge is -2.18. The summed E-state index contributed by atoms with van der Waals surface area (Å²) in [7, 11) is -3.42. The molecule has 0 saturated heterocycles. The Morgan fingerprint density at radius 2 is 1.64 bits per heavy atom. The van der Waals surface area contributed by atoms with Crippen molar-refractivity contribution in [2.75, 3.05) is 32.7 Å². The zero-order chi connectivity index (χ0) is 18.0. The number of nitrogens with one attached hydrogen (secondary N) is 2. The summed E-state index contributed by atoms with van der Waals surface area (Å²) in [6, 6.07) is 6.79. The molecule has 0 atom stereocenters. The summed E-state index contributed by atoms with van der Waals surface area (Å²) in [6.07, 6.45) is 0.993. The first-order valence-corrected chi connectivity index (χ1v) is 9.96. The van der Waals surface area contributed by atoms with Gasteiger partial charge in [0.1, 0.15) is 0 Å². The quantitative estimate of drug-likeness (QED) is 0.564. The van der Waals surface area contributed by atoms with Gasteiger partial charge in [-0.1, -0.05) is 32.9 Å². The van der Waals surface area contributed by atoms with Gasteiger partial charge in [0.05, 0.1) is 4.90 Å². The van der Waals surface area contributed by atoms with E-state index in [1.54, 1.807) is 24.3 Å². The summed E-state index contributed by atoms with van der Waals surface area (Å²) in [5.74, 6) is 0.00717. The Balaban J connectivity index is 0.00000576. The summed E-state index contributed by atoms with van der Waals surface area (Å²) < 4.78 is 26.2. The molecule has 144 valence electrons. The molecule has 0 unspecified atom stereocenters. The highest BCUT2D eigenvalue weighted by Crippen LogP contribution is 2.16. The Kier molecular flexibility index (Phi) is 11.7. The minimum atomic E-state index is -3.42. The summed E-state index contributed by atoms with van der Waals surface area (Å²) in [5.41, 5.74) is 0.954. The highest BCUT2D eigenvalue weighted by molar-refractivity contribution is 7.89. The number of rotatable bonds is 11. The zero-order valence-electron chi connectivity index (χ0n) is 15.2. The van der Waals surface area contributed by atoms with Crippen LogP contribution in [0.25, 0.3) is 0 Å². The van der Waals surface area contributed by atoms with Gasteiger partial charge in [-0.25, -0.2) is 8.42 Å². The Bertz CT molecular complexity index is 602. The Hall–Kier alpha value is -1.15. The Morgan fingerprint density at radius 3 is 2.16 bits per heavy atom. The number of carbonyl (C=O) groups excluding carboxylic acids is 1. The Labute approximate surface area is 157 Å².